The molecule has 0 amide bonds. The summed E-state index contributed by atoms with van der Waals surface area (Å²) in [5.41, 5.74) is 1.24. The SMILES string of the molecule is C=C(C)C[C](C)N(CC)CC. The molecule has 0 saturated carbocycles. The van der Waals surface area contributed by atoms with Gasteiger partial charge in [-0.15, -0.1) is 6.58 Å². The van der Waals surface area contributed by atoms with Gasteiger partial charge in [-0.05, 0) is 33.4 Å². The van der Waals surface area contributed by atoms with E-state index in [1.807, 2.05) is 0 Å². The van der Waals surface area contributed by atoms with E-state index < -0.39 is 0 Å². The molecular formula is C10H20N. The zero-order valence-corrected chi connectivity index (χ0v) is 8.28. The molecule has 1 heteroatoms. The molecule has 0 aromatic heterocycles. The summed E-state index contributed by atoms with van der Waals surface area (Å²) in [5, 5.41) is 0. The van der Waals surface area contributed by atoms with Crippen molar-refractivity contribution < 1.29 is 0 Å². The third-order valence-electron chi connectivity index (χ3n) is 1.86. The fourth-order valence-electron chi connectivity index (χ4n) is 1.31. The van der Waals surface area contributed by atoms with Crippen molar-refractivity contribution in [2.24, 2.45) is 0 Å². The van der Waals surface area contributed by atoms with E-state index in [1.165, 1.54) is 11.6 Å². The Bertz CT molecular complexity index is 114. The van der Waals surface area contributed by atoms with Crippen LogP contribution in [0.25, 0.3) is 0 Å². The van der Waals surface area contributed by atoms with Crippen molar-refractivity contribution in [1.29, 1.82) is 0 Å². The van der Waals surface area contributed by atoms with Gasteiger partial charge in [0.05, 0.1) is 0 Å². The minimum absolute atomic E-state index is 1.04. The van der Waals surface area contributed by atoms with Crippen LogP contribution in [0.3, 0.4) is 0 Å². The fraction of sp³-hybridized carbons (Fsp3) is 0.700. The number of hydrogen-bond acceptors (Lipinski definition) is 1. The minimum atomic E-state index is 1.04. The van der Waals surface area contributed by atoms with Crippen molar-refractivity contribution in [2.45, 2.75) is 34.1 Å². The Labute approximate surface area is 71.1 Å². The lowest BCUT2D eigenvalue weighted by Crippen LogP contribution is -2.26. The third-order valence-corrected chi connectivity index (χ3v) is 1.86. The van der Waals surface area contributed by atoms with Gasteiger partial charge in [-0.1, -0.05) is 19.4 Å². The van der Waals surface area contributed by atoms with Gasteiger partial charge in [0.15, 0.2) is 0 Å². The highest BCUT2D eigenvalue weighted by molar-refractivity contribution is 5.00. The molecule has 0 aliphatic heterocycles. The maximum absolute atomic E-state index is 3.90. The summed E-state index contributed by atoms with van der Waals surface area (Å²) >= 11 is 0. The highest BCUT2D eigenvalue weighted by Crippen LogP contribution is 2.15. The maximum atomic E-state index is 3.90. The van der Waals surface area contributed by atoms with Gasteiger partial charge in [0.25, 0.3) is 0 Å². The molecule has 0 aromatic rings. The van der Waals surface area contributed by atoms with Crippen LogP contribution in [0.4, 0.5) is 0 Å². The van der Waals surface area contributed by atoms with Crippen molar-refractivity contribution in [3.05, 3.63) is 18.2 Å². The highest BCUT2D eigenvalue weighted by atomic mass is 15.1. The van der Waals surface area contributed by atoms with Crippen LogP contribution in [0.2, 0.25) is 0 Å². The predicted molar refractivity (Wildman–Crippen MR) is 51.3 cm³/mol. The normalized spacial score (nSPS) is 11.1. The molecule has 1 radical (unpaired) electrons. The van der Waals surface area contributed by atoms with Gasteiger partial charge in [-0.2, -0.15) is 0 Å². The van der Waals surface area contributed by atoms with Crippen molar-refractivity contribution >= 4 is 0 Å². The summed E-state index contributed by atoms with van der Waals surface area (Å²) < 4.78 is 0. The number of hydrogen-bond donors (Lipinski definition) is 0. The van der Waals surface area contributed by atoms with E-state index >= 15 is 0 Å². The Kier molecular flexibility index (Phi) is 5.22. The smallest absolute Gasteiger partial charge is 0.0402 e. The molecule has 0 bridgehead atoms. The second-order valence-corrected chi connectivity index (χ2v) is 3.04. The van der Waals surface area contributed by atoms with Gasteiger partial charge in [-0.25, -0.2) is 0 Å². The van der Waals surface area contributed by atoms with Crippen LogP contribution in [0.5, 0.6) is 0 Å². The first-order chi connectivity index (χ1) is 5.11. The number of rotatable bonds is 5. The van der Waals surface area contributed by atoms with E-state index in [-0.39, 0.29) is 0 Å². The van der Waals surface area contributed by atoms with E-state index in [4.69, 9.17) is 0 Å². The van der Waals surface area contributed by atoms with Crippen LogP contribution < -0.4 is 0 Å². The molecule has 0 aromatic carbocycles. The third kappa shape index (κ3) is 4.20. The molecule has 0 saturated heterocycles. The van der Waals surface area contributed by atoms with Gasteiger partial charge in [0.2, 0.25) is 0 Å². The van der Waals surface area contributed by atoms with Crippen LogP contribution in [-0.4, -0.2) is 18.0 Å². The first kappa shape index (κ1) is 10.7. The zero-order chi connectivity index (χ0) is 8.85. The summed E-state index contributed by atoms with van der Waals surface area (Å²) in [6, 6.07) is 1.43. The second-order valence-electron chi connectivity index (χ2n) is 3.04. The van der Waals surface area contributed by atoms with E-state index in [2.05, 4.69) is 39.2 Å². The predicted octanol–water partition coefficient (Wildman–Crippen LogP) is 2.85. The molecular weight excluding hydrogens is 134 g/mol. The summed E-state index contributed by atoms with van der Waals surface area (Å²) in [4.78, 5) is 2.37. The zero-order valence-electron chi connectivity index (χ0n) is 8.28. The first-order valence-corrected chi connectivity index (χ1v) is 4.33. The van der Waals surface area contributed by atoms with E-state index in [0.29, 0.717) is 0 Å². The Morgan fingerprint density at radius 2 is 1.64 bits per heavy atom. The Morgan fingerprint density at radius 1 is 1.18 bits per heavy atom. The highest BCUT2D eigenvalue weighted by Gasteiger charge is 2.09. The molecule has 11 heavy (non-hydrogen) atoms. The minimum Gasteiger partial charge on any atom is -0.296 e. The molecule has 0 unspecified atom stereocenters. The Hall–Kier alpha value is -0.300. The maximum Gasteiger partial charge on any atom is 0.0402 e. The molecule has 0 rings (SSSR count). The lowest BCUT2D eigenvalue weighted by molar-refractivity contribution is 0.312. The standard InChI is InChI=1S/C10H20N/c1-6-11(7-2)10(5)8-9(3)4/h3,6-8H2,1-2,4-5H3. The second kappa shape index (κ2) is 5.36. The molecule has 0 atom stereocenters. The molecule has 0 spiro atoms. The Balaban J connectivity index is 3.78. The monoisotopic (exact) mass is 154 g/mol. The van der Waals surface area contributed by atoms with Crippen LogP contribution in [0, 0.1) is 6.04 Å². The van der Waals surface area contributed by atoms with E-state index in [0.717, 1.165) is 19.5 Å². The van der Waals surface area contributed by atoms with Crippen LogP contribution >= 0.6 is 0 Å². The topological polar surface area (TPSA) is 3.24 Å². The van der Waals surface area contributed by atoms with Crippen LogP contribution in [-0.2, 0) is 0 Å². The molecule has 0 fully saturated rings. The quantitative estimate of drug-likeness (QED) is 0.550. The fourth-order valence-corrected chi connectivity index (χ4v) is 1.31. The molecule has 65 valence electrons. The molecule has 0 heterocycles. The van der Waals surface area contributed by atoms with Crippen molar-refractivity contribution in [3.8, 4) is 0 Å². The van der Waals surface area contributed by atoms with E-state index in [9.17, 15) is 0 Å². The first-order valence-electron chi connectivity index (χ1n) is 4.33. The summed E-state index contributed by atoms with van der Waals surface area (Å²) in [5.74, 6) is 0. The summed E-state index contributed by atoms with van der Waals surface area (Å²) in [6.45, 7) is 14.7. The molecule has 1 nitrogen and oxygen atoms in total. The van der Waals surface area contributed by atoms with Crippen molar-refractivity contribution in [2.75, 3.05) is 13.1 Å². The van der Waals surface area contributed by atoms with Gasteiger partial charge >= 0.3 is 0 Å². The summed E-state index contributed by atoms with van der Waals surface area (Å²) in [6.07, 6.45) is 1.04. The van der Waals surface area contributed by atoms with Crippen LogP contribution in [0.15, 0.2) is 12.2 Å². The molecule has 0 N–H and O–H groups in total. The Morgan fingerprint density at radius 3 is 1.91 bits per heavy atom. The van der Waals surface area contributed by atoms with Crippen molar-refractivity contribution in [1.82, 2.24) is 4.90 Å². The van der Waals surface area contributed by atoms with Gasteiger partial charge < -0.3 is 0 Å². The summed E-state index contributed by atoms with van der Waals surface area (Å²) in [7, 11) is 0. The molecule has 0 aliphatic carbocycles. The van der Waals surface area contributed by atoms with Crippen LogP contribution in [0.1, 0.15) is 34.1 Å². The average Bonchev–Trinajstić information content (AvgIpc) is 1.88. The molecule has 0 aliphatic rings. The largest absolute Gasteiger partial charge is 0.296 e. The average molecular weight is 154 g/mol. The van der Waals surface area contributed by atoms with E-state index in [1.54, 1.807) is 0 Å². The van der Waals surface area contributed by atoms with Crippen molar-refractivity contribution in [3.63, 3.8) is 0 Å². The van der Waals surface area contributed by atoms with Gasteiger partial charge in [0, 0.05) is 6.04 Å². The number of nitrogens with zero attached hydrogens (tertiary/aromatic N) is 1. The lowest BCUT2D eigenvalue weighted by atomic mass is 10.1. The van der Waals surface area contributed by atoms with Gasteiger partial charge in [-0.3, -0.25) is 4.90 Å². The lowest BCUT2D eigenvalue weighted by Gasteiger charge is -2.25. The van der Waals surface area contributed by atoms with Gasteiger partial charge in [0.1, 0.15) is 0 Å².